The number of Topliss-reactive ketones (excluding diaryl/α,β-unsaturated/α-hetero) is 1. The second-order valence-corrected chi connectivity index (χ2v) is 3.83. The number of carbonyl (C=O) groups is 1. The van der Waals surface area contributed by atoms with Gasteiger partial charge in [-0.2, -0.15) is 0 Å². The summed E-state index contributed by atoms with van der Waals surface area (Å²) >= 11 is 0. The summed E-state index contributed by atoms with van der Waals surface area (Å²) < 4.78 is 0. The van der Waals surface area contributed by atoms with E-state index in [4.69, 9.17) is 5.73 Å². The molecule has 0 saturated carbocycles. The molecule has 0 bridgehead atoms. The molecule has 0 spiro atoms. The molecule has 1 heterocycles. The van der Waals surface area contributed by atoms with Crippen LogP contribution in [0.4, 0.5) is 0 Å². The second-order valence-electron chi connectivity index (χ2n) is 3.83. The number of pyridine rings is 1. The molecule has 0 saturated heterocycles. The highest BCUT2D eigenvalue weighted by molar-refractivity contribution is 6.01. The molecule has 0 amide bonds. The molecule has 74 valence electrons. The van der Waals surface area contributed by atoms with Gasteiger partial charge in [0, 0.05) is 18.0 Å². The number of hydrogen-bond acceptors (Lipinski definition) is 3. The normalized spacial score (nSPS) is 16.4. The molecule has 3 heteroatoms. The van der Waals surface area contributed by atoms with Crippen LogP contribution in [0.25, 0.3) is 0 Å². The van der Waals surface area contributed by atoms with E-state index in [2.05, 4.69) is 4.98 Å². The maximum absolute atomic E-state index is 11.7. The third-order valence-electron chi connectivity index (χ3n) is 2.70. The van der Waals surface area contributed by atoms with Gasteiger partial charge in [-0.3, -0.25) is 9.78 Å². The largest absolute Gasteiger partial charge is 0.321 e. The Balaban J connectivity index is 2.44. The van der Waals surface area contributed by atoms with Gasteiger partial charge in [0.2, 0.25) is 0 Å². The lowest BCUT2D eigenvalue weighted by atomic mass is 10.00. The topological polar surface area (TPSA) is 56.0 Å². The molecule has 1 aliphatic carbocycles. The minimum atomic E-state index is -0.427. The van der Waals surface area contributed by atoms with Crippen LogP contribution in [0.5, 0.6) is 0 Å². The van der Waals surface area contributed by atoms with E-state index in [1.54, 1.807) is 13.1 Å². The summed E-state index contributed by atoms with van der Waals surface area (Å²) in [6.07, 6.45) is 6.67. The third kappa shape index (κ3) is 1.44. The van der Waals surface area contributed by atoms with Crippen LogP contribution in [0, 0.1) is 0 Å². The molecule has 0 radical (unpaired) electrons. The second kappa shape index (κ2) is 3.50. The molecule has 1 aromatic heterocycles. The first-order valence-electron chi connectivity index (χ1n) is 4.95. The first kappa shape index (κ1) is 9.34. The van der Waals surface area contributed by atoms with Gasteiger partial charge in [-0.25, -0.2) is 0 Å². The predicted octanol–water partition coefficient (Wildman–Crippen LogP) is 1.10. The van der Waals surface area contributed by atoms with Gasteiger partial charge < -0.3 is 5.73 Å². The number of carbonyl (C=O) groups excluding carboxylic acids is 1. The summed E-state index contributed by atoms with van der Waals surface area (Å²) in [5.41, 5.74) is 8.70. The lowest BCUT2D eigenvalue weighted by Crippen LogP contribution is -2.27. The highest BCUT2D eigenvalue weighted by Crippen LogP contribution is 2.24. The van der Waals surface area contributed by atoms with Crippen molar-refractivity contribution < 1.29 is 4.79 Å². The molecular formula is C11H14N2O. The van der Waals surface area contributed by atoms with Gasteiger partial charge in [0.15, 0.2) is 5.78 Å². The first-order valence-corrected chi connectivity index (χ1v) is 4.95. The molecule has 2 N–H and O–H groups in total. The van der Waals surface area contributed by atoms with E-state index in [-0.39, 0.29) is 5.78 Å². The van der Waals surface area contributed by atoms with Gasteiger partial charge in [0.25, 0.3) is 0 Å². The lowest BCUT2D eigenvalue weighted by Gasteiger charge is -2.08. The van der Waals surface area contributed by atoms with Crippen molar-refractivity contribution in [2.24, 2.45) is 5.73 Å². The predicted molar refractivity (Wildman–Crippen MR) is 54.2 cm³/mol. The van der Waals surface area contributed by atoms with Gasteiger partial charge in [-0.15, -0.1) is 0 Å². The zero-order chi connectivity index (χ0) is 10.1. The molecule has 3 nitrogen and oxygen atoms in total. The first-order chi connectivity index (χ1) is 6.70. The van der Waals surface area contributed by atoms with Crippen molar-refractivity contribution >= 4 is 5.78 Å². The summed E-state index contributed by atoms with van der Waals surface area (Å²) in [7, 11) is 0. The molecule has 14 heavy (non-hydrogen) atoms. The molecule has 0 fully saturated rings. The Kier molecular flexibility index (Phi) is 2.33. The summed E-state index contributed by atoms with van der Waals surface area (Å²) in [6, 6.07) is -0.427. The average Bonchev–Trinajstić information content (AvgIpc) is 2.63. The SMILES string of the molecule is CC(N)C(=O)c1cncc2c1CCC2. The summed E-state index contributed by atoms with van der Waals surface area (Å²) in [5, 5.41) is 0. The minimum absolute atomic E-state index is 0.0104. The summed E-state index contributed by atoms with van der Waals surface area (Å²) in [4.78, 5) is 15.8. The number of hydrogen-bond donors (Lipinski definition) is 1. The quantitative estimate of drug-likeness (QED) is 0.710. The monoisotopic (exact) mass is 190 g/mol. The summed E-state index contributed by atoms with van der Waals surface area (Å²) in [5.74, 6) is 0.0104. The maximum atomic E-state index is 11.7. The van der Waals surface area contributed by atoms with E-state index in [1.165, 1.54) is 11.1 Å². The van der Waals surface area contributed by atoms with Crippen LogP contribution in [0.2, 0.25) is 0 Å². The smallest absolute Gasteiger partial charge is 0.181 e. The number of aromatic nitrogens is 1. The number of fused-ring (bicyclic) bond motifs is 1. The zero-order valence-electron chi connectivity index (χ0n) is 8.29. The van der Waals surface area contributed by atoms with Gasteiger partial charge >= 0.3 is 0 Å². The van der Waals surface area contributed by atoms with E-state index in [0.717, 1.165) is 24.8 Å². The number of ketones is 1. The summed E-state index contributed by atoms with van der Waals surface area (Å²) in [6.45, 7) is 1.72. The lowest BCUT2D eigenvalue weighted by molar-refractivity contribution is 0.0966. The molecule has 1 atom stereocenters. The molecule has 2 rings (SSSR count). The van der Waals surface area contributed by atoms with Crippen molar-refractivity contribution in [2.75, 3.05) is 0 Å². The fourth-order valence-electron chi connectivity index (χ4n) is 1.95. The van der Waals surface area contributed by atoms with Crippen LogP contribution in [-0.2, 0) is 12.8 Å². The number of aryl methyl sites for hydroxylation is 1. The standard InChI is InChI=1S/C11H14N2O/c1-7(12)11(14)10-6-13-5-8-3-2-4-9(8)10/h5-7H,2-4,12H2,1H3. The van der Waals surface area contributed by atoms with E-state index >= 15 is 0 Å². The Morgan fingerprint density at radius 3 is 3.00 bits per heavy atom. The maximum Gasteiger partial charge on any atom is 0.181 e. The van der Waals surface area contributed by atoms with Gasteiger partial charge in [-0.1, -0.05) is 0 Å². The molecule has 1 aliphatic rings. The molecule has 1 aromatic rings. The minimum Gasteiger partial charge on any atom is -0.321 e. The van der Waals surface area contributed by atoms with Crippen molar-refractivity contribution in [2.45, 2.75) is 32.2 Å². The Bertz CT molecular complexity index is 372. The van der Waals surface area contributed by atoms with Crippen molar-refractivity contribution in [1.82, 2.24) is 4.98 Å². The van der Waals surface area contributed by atoms with Crippen molar-refractivity contribution in [1.29, 1.82) is 0 Å². The molecule has 0 aliphatic heterocycles. The highest BCUT2D eigenvalue weighted by Gasteiger charge is 2.20. The van der Waals surface area contributed by atoms with Crippen LogP contribution in [0.1, 0.15) is 34.8 Å². The number of nitrogens with zero attached hydrogens (tertiary/aromatic N) is 1. The Morgan fingerprint density at radius 2 is 2.29 bits per heavy atom. The van der Waals surface area contributed by atoms with Crippen molar-refractivity contribution in [3.05, 3.63) is 29.1 Å². The number of rotatable bonds is 2. The van der Waals surface area contributed by atoms with E-state index < -0.39 is 6.04 Å². The van der Waals surface area contributed by atoms with E-state index in [1.807, 2.05) is 6.20 Å². The highest BCUT2D eigenvalue weighted by atomic mass is 16.1. The van der Waals surface area contributed by atoms with Gasteiger partial charge in [0.05, 0.1) is 6.04 Å². The van der Waals surface area contributed by atoms with Gasteiger partial charge in [-0.05, 0) is 37.3 Å². The van der Waals surface area contributed by atoms with Crippen molar-refractivity contribution in [3.8, 4) is 0 Å². The zero-order valence-corrected chi connectivity index (χ0v) is 8.29. The fraction of sp³-hybridized carbons (Fsp3) is 0.455. The molecular weight excluding hydrogens is 176 g/mol. The van der Waals surface area contributed by atoms with Gasteiger partial charge in [0.1, 0.15) is 0 Å². The average molecular weight is 190 g/mol. The van der Waals surface area contributed by atoms with Crippen LogP contribution in [0.15, 0.2) is 12.4 Å². The molecule has 0 aromatic carbocycles. The van der Waals surface area contributed by atoms with E-state index in [0.29, 0.717) is 0 Å². The van der Waals surface area contributed by atoms with Crippen LogP contribution >= 0.6 is 0 Å². The van der Waals surface area contributed by atoms with E-state index in [9.17, 15) is 4.79 Å². The van der Waals surface area contributed by atoms with Crippen molar-refractivity contribution in [3.63, 3.8) is 0 Å². The third-order valence-corrected chi connectivity index (χ3v) is 2.70. The Labute approximate surface area is 83.3 Å². The van der Waals surface area contributed by atoms with Crippen LogP contribution in [-0.4, -0.2) is 16.8 Å². The molecule has 1 unspecified atom stereocenters. The fourth-order valence-corrected chi connectivity index (χ4v) is 1.95. The van der Waals surface area contributed by atoms with Crippen LogP contribution in [0.3, 0.4) is 0 Å². The number of nitrogens with two attached hydrogens (primary N) is 1. The Morgan fingerprint density at radius 1 is 1.50 bits per heavy atom. The Hall–Kier alpha value is -1.22. The van der Waals surface area contributed by atoms with Crippen LogP contribution < -0.4 is 5.73 Å².